The number of thiophene rings is 1. The molecule has 1 aromatic carbocycles. The molecule has 1 fully saturated rings. The molecule has 5 nitrogen and oxygen atoms in total. The minimum Gasteiger partial charge on any atom is -0.326 e. The highest BCUT2D eigenvalue weighted by Crippen LogP contribution is 2.31. The Morgan fingerprint density at radius 3 is 2.52 bits per heavy atom. The Balaban J connectivity index is 1.66. The van der Waals surface area contributed by atoms with Crippen LogP contribution in [0, 0.1) is 0 Å². The van der Waals surface area contributed by atoms with E-state index in [4.69, 9.17) is 0 Å². The number of hydrogen-bond acceptors (Lipinski definition) is 4. The number of sulfonamides is 1. The van der Waals surface area contributed by atoms with Gasteiger partial charge in [0.1, 0.15) is 4.21 Å². The van der Waals surface area contributed by atoms with Crippen LogP contribution in [0.5, 0.6) is 0 Å². The normalized spacial score (nSPS) is 15.8. The minimum absolute atomic E-state index is 0.0382. The van der Waals surface area contributed by atoms with E-state index in [2.05, 4.69) is 5.32 Å². The average molecular weight is 418 g/mol. The second kappa shape index (κ2) is 7.61. The van der Waals surface area contributed by atoms with Gasteiger partial charge in [-0.05, 0) is 43.2 Å². The Bertz CT molecular complexity index is 933. The lowest BCUT2D eigenvalue weighted by Crippen LogP contribution is -2.27. The van der Waals surface area contributed by atoms with E-state index in [-0.39, 0.29) is 16.3 Å². The van der Waals surface area contributed by atoms with Crippen molar-refractivity contribution in [2.75, 3.05) is 18.4 Å². The molecule has 2 heterocycles. The first-order valence-electron chi connectivity index (χ1n) is 8.22. The molecule has 0 bridgehead atoms. The van der Waals surface area contributed by atoms with Gasteiger partial charge in [-0.25, -0.2) is 8.42 Å². The standard InChI is InChI=1S/C17H17F3N2O3S2/c18-17(19,20)12-4-3-5-13(10-12)21-15(23)11-14-6-7-16(26-14)27(24,25)22-8-1-2-9-22/h3-7,10H,1-2,8-9,11H2,(H,21,23). The van der Waals surface area contributed by atoms with Crippen molar-refractivity contribution in [1.29, 1.82) is 0 Å². The average Bonchev–Trinajstić information content (AvgIpc) is 3.26. The zero-order valence-corrected chi connectivity index (χ0v) is 15.8. The van der Waals surface area contributed by atoms with E-state index >= 15 is 0 Å². The Hall–Kier alpha value is -1.91. The third-order valence-corrected chi connectivity index (χ3v) is 7.56. The van der Waals surface area contributed by atoms with E-state index in [1.165, 1.54) is 22.5 Å². The number of benzene rings is 1. The van der Waals surface area contributed by atoms with Crippen molar-refractivity contribution in [2.24, 2.45) is 0 Å². The van der Waals surface area contributed by atoms with Gasteiger partial charge in [0.2, 0.25) is 5.91 Å². The maximum absolute atomic E-state index is 12.7. The fraction of sp³-hybridized carbons (Fsp3) is 0.353. The van der Waals surface area contributed by atoms with E-state index in [1.807, 2.05) is 0 Å². The molecule has 27 heavy (non-hydrogen) atoms. The summed E-state index contributed by atoms with van der Waals surface area (Å²) < 4.78 is 64.7. The summed E-state index contributed by atoms with van der Waals surface area (Å²) in [5, 5.41) is 2.41. The van der Waals surface area contributed by atoms with Gasteiger partial charge in [0, 0.05) is 23.7 Å². The molecular weight excluding hydrogens is 401 g/mol. The summed E-state index contributed by atoms with van der Waals surface area (Å²) >= 11 is 1.00. The van der Waals surface area contributed by atoms with E-state index < -0.39 is 27.7 Å². The number of carbonyl (C=O) groups is 1. The van der Waals surface area contributed by atoms with Crippen LogP contribution in [0.3, 0.4) is 0 Å². The molecule has 0 radical (unpaired) electrons. The molecule has 0 atom stereocenters. The molecule has 3 rings (SSSR count). The molecule has 1 aliphatic heterocycles. The molecule has 1 aliphatic rings. The summed E-state index contributed by atoms with van der Waals surface area (Å²) in [5.41, 5.74) is -0.813. The van der Waals surface area contributed by atoms with Gasteiger partial charge in [-0.3, -0.25) is 4.79 Å². The number of amides is 1. The highest BCUT2D eigenvalue weighted by Gasteiger charge is 2.31. The van der Waals surface area contributed by atoms with Crippen molar-refractivity contribution in [3.63, 3.8) is 0 Å². The molecule has 146 valence electrons. The lowest BCUT2D eigenvalue weighted by molar-refractivity contribution is -0.137. The van der Waals surface area contributed by atoms with E-state index in [9.17, 15) is 26.4 Å². The largest absolute Gasteiger partial charge is 0.416 e. The highest BCUT2D eigenvalue weighted by atomic mass is 32.2. The third kappa shape index (κ3) is 4.69. The number of alkyl halides is 3. The van der Waals surface area contributed by atoms with Crippen molar-refractivity contribution >= 4 is 33.0 Å². The molecule has 1 amide bonds. The van der Waals surface area contributed by atoms with Crippen LogP contribution in [-0.4, -0.2) is 31.7 Å². The van der Waals surface area contributed by atoms with Gasteiger partial charge in [0.25, 0.3) is 10.0 Å². The second-order valence-corrected chi connectivity index (χ2v) is 9.47. The van der Waals surface area contributed by atoms with Gasteiger partial charge in [0.15, 0.2) is 0 Å². The van der Waals surface area contributed by atoms with E-state index in [0.29, 0.717) is 18.0 Å². The number of nitrogens with zero attached hydrogens (tertiary/aromatic N) is 1. The highest BCUT2D eigenvalue weighted by molar-refractivity contribution is 7.91. The first-order chi connectivity index (χ1) is 12.7. The van der Waals surface area contributed by atoms with Crippen molar-refractivity contribution in [3.05, 3.63) is 46.8 Å². The van der Waals surface area contributed by atoms with Gasteiger partial charge >= 0.3 is 6.18 Å². The number of carbonyl (C=O) groups excluding carboxylic acids is 1. The minimum atomic E-state index is -4.49. The van der Waals surface area contributed by atoms with Crippen LogP contribution in [0.1, 0.15) is 23.3 Å². The zero-order valence-electron chi connectivity index (χ0n) is 14.1. The summed E-state index contributed by atoms with van der Waals surface area (Å²) in [4.78, 5) is 12.6. The predicted molar refractivity (Wildman–Crippen MR) is 96.1 cm³/mol. The van der Waals surface area contributed by atoms with Crippen LogP contribution in [-0.2, 0) is 27.4 Å². The summed E-state index contributed by atoms with van der Waals surface area (Å²) in [6, 6.07) is 7.37. The van der Waals surface area contributed by atoms with Crippen molar-refractivity contribution in [2.45, 2.75) is 29.6 Å². The lowest BCUT2D eigenvalue weighted by atomic mass is 10.2. The molecule has 0 unspecified atom stereocenters. The first kappa shape index (κ1) is 19.8. The van der Waals surface area contributed by atoms with E-state index in [0.717, 1.165) is 36.3 Å². The molecule has 10 heteroatoms. The van der Waals surface area contributed by atoms with Gasteiger partial charge in [-0.15, -0.1) is 11.3 Å². The van der Waals surface area contributed by atoms with Crippen LogP contribution in [0.15, 0.2) is 40.6 Å². The second-order valence-electron chi connectivity index (χ2n) is 6.14. The van der Waals surface area contributed by atoms with Crippen LogP contribution < -0.4 is 5.32 Å². The van der Waals surface area contributed by atoms with Gasteiger partial charge in [-0.2, -0.15) is 17.5 Å². The number of halogens is 3. The molecular formula is C17H17F3N2O3S2. The fourth-order valence-corrected chi connectivity index (χ4v) is 5.81. The van der Waals surface area contributed by atoms with Crippen LogP contribution in [0.2, 0.25) is 0 Å². The van der Waals surface area contributed by atoms with Crippen LogP contribution in [0.4, 0.5) is 18.9 Å². The van der Waals surface area contributed by atoms with Gasteiger partial charge < -0.3 is 5.32 Å². The predicted octanol–water partition coefficient (Wildman–Crippen LogP) is 3.73. The Morgan fingerprint density at radius 2 is 1.85 bits per heavy atom. The Morgan fingerprint density at radius 1 is 1.15 bits per heavy atom. The molecule has 0 spiro atoms. The summed E-state index contributed by atoms with van der Waals surface area (Å²) in [6.45, 7) is 0.983. The molecule has 0 aliphatic carbocycles. The number of hydrogen-bond donors (Lipinski definition) is 1. The summed E-state index contributed by atoms with van der Waals surface area (Å²) in [5.74, 6) is -0.513. The maximum Gasteiger partial charge on any atom is 0.416 e. The maximum atomic E-state index is 12.7. The summed E-state index contributed by atoms with van der Waals surface area (Å²) in [7, 11) is -3.54. The summed E-state index contributed by atoms with van der Waals surface area (Å²) in [6.07, 6.45) is -2.95. The molecule has 1 aromatic heterocycles. The Labute approximate surface area is 158 Å². The third-order valence-electron chi connectivity index (χ3n) is 4.10. The molecule has 1 N–H and O–H groups in total. The smallest absolute Gasteiger partial charge is 0.326 e. The molecule has 0 saturated carbocycles. The van der Waals surface area contributed by atoms with Gasteiger partial charge in [-0.1, -0.05) is 6.07 Å². The quantitative estimate of drug-likeness (QED) is 0.805. The number of rotatable bonds is 5. The number of anilines is 1. The monoisotopic (exact) mass is 418 g/mol. The Kier molecular flexibility index (Phi) is 5.59. The van der Waals surface area contributed by atoms with Gasteiger partial charge in [0.05, 0.1) is 12.0 Å². The topological polar surface area (TPSA) is 66.5 Å². The van der Waals surface area contributed by atoms with Crippen molar-refractivity contribution < 1.29 is 26.4 Å². The first-order valence-corrected chi connectivity index (χ1v) is 10.5. The molecule has 1 saturated heterocycles. The number of nitrogens with one attached hydrogen (secondary N) is 1. The zero-order chi connectivity index (χ0) is 19.7. The van der Waals surface area contributed by atoms with Crippen molar-refractivity contribution in [1.82, 2.24) is 4.31 Å². The lowest BCUT2D eigenvalue weighted by Gasteiger charge is -2.13. The van der Waals surface area contributed by atoms with Crippen LogP contribution >= 0.6 is 11.3 Å². The molecule has 2 aromatic rings. The SMILES string of the molecule is O=C(Cc1ccc(S(=O)(=O)N2CCCC2)s1)Nc1cccc(C(F)(F)F)c1. The fourth-order valence-electron chi connectivity index (χ4n) is 2.78. The van der Waals surface area contributed by atoms with Crippen LogP contribution in [0.25, 0.3) is 0 Å². The van der Waals surface area contributed by atoms with E-state index in [1.54, 1.807) is 6.07 Å². The van der Waals surface area contributed by atoms with Crippen molar-refractivity contribution in [3.8, 4) is 0 Å².